The van der Waals surface area contributed by atoms with Crippen LogP contribution >= 0.6 is 0 Å². The first-order valence-electron chi connectivity index (χ1n) is 8.85. The lowest BCUT2D eigenvalue weighted by molar-refractivity contribution is -0.159. The summed E-state index contributed by atoms with van der Waals surface area (Å²) < 4.78 is 10.2. The Morgan fingerprint density at radius 2 is 1.17 bits per heavy atom. The molecule has 0 heterocycles. The van der Waals surface area contributed by atoms with Crippen molar-refractivity contribution in [3.63, 3.8) is 0 Å². The average Bonchev–Trinajstić information content (AvgIpc) is 2.70. The van der Waals surface area contributed by atoms with Crippen LogP contribution in [0.5, 0.6) is 0 Å². The Kier molecular flexibility index (Phi) is 7.47. The summed E-state index contributed by atoms with van der Waals surface area (Å²) in [5.41, 5.74) is 0.213. The van der Waals surface area contributed by atoms with Crippen LogP contribution in [0.3, 0.4) is 0 Å². The number of carboxylic acid groups (broad SMARTS) is 1. The van der Waals surface area contributed by atoms with Crippen molar-refractivity contribution in [2.24, 2.45) is 0 Å². The van der Waals surface area contributed by atoms with Crippen molar-refractivity contribution >= 4 is 23.8 Å². The zero-order valence-electron chi connectivity index (χ0n) is 15.9. The van der Waals surface area contributed by atoms with E-state index in [0.717, 1.165) is 0 Å². The molecule has 0 bridgehead atoms. The van der Waals surface area contributed by atoms with Crippen LogP contribution in [0, 0.1) is 0 Å². The lowest BCUT2D eigenvalue weighted by atomic mass is 10.1. The van der Waals surface area contributed by atoms with Gasteiger partial charge in [-0.1, -0.05) is 36.4 Å². The van der Waals surface area contributed by atoms with Gasteiger partial charge in [0.2, 0.25) is 12.2 Å². The predicted molar refractivity (Wildman–Crippen MR) is 102 cm³/mol. The van der Waals surface area contributed by atoms with Gasteiger partial charge in [0, 0.05) is 6.04 Å². The van der Waals surface area contributed by atoms with E-state index in [1.54, 1.807) is 50.2 Å². The van der Waals surface area contributed by atoms with Crippen LogP contribution in [0.2, 0.25) is 0 Å². The standard InChI is InChI=1S/C21H21NO7/c1-13(2)22-18(23)16(28-20(26)14-9-5-3-6-10-14)17(19(24)25)29-21(27)15-11-7-4-8-12-15/h3-13,16-17H,1-2H3,(H,22,23)(H,24,25)/t16-,17+/m1/s1. The van der Waals surface area contributed by atoms with Crippen molar-refractivity contribution in [3.8, 4) is 0 Å². The number of carboxylic acids is 1. The molecule has 0 saturated heterocycles. The number of hydrogen-bond donors (Lipinski definition) is 2. The summed E-state index contributed by atoms with van der Waals surface area (Å²) in [6.07, 6.45) is -3.91. The number of carbonyl (C=O) groups excluding carboxylic acids is 3. The molecule has 0 saturated carbocycles. The van der Waals surface area contributed by atoms with Gasteiger partial charge in [0.05, 0.1) is 11.1 Å². The van der Waals surface area contributed by atoms with E-state index in [1.165, 1.54) is 24.3 Å². The van der Waals surface area contributed by atoms with Crippen LogP contribution in [0.4, 0.5) is 0 Å². The summed E-state index contributed by atoms with van der Waals surface area (Å²) in [4.78, 5) is 49.0. The normalized spacial score (nSPS) is 12.5. The highest BCUT2D eigenvalue weighted by Gasteiger charge is 2.41. The first-order valence-corrected chi connectivity index (χ1v) is 8.85. The lowest BCUT2D eigenvalue weighted by Gasteiger charge is -2.24. The van der Waals surface area contributed by atoms with Gasteiger partial charge in [-0.2, -0.15) is 0 Å². The van der Waals surface area contributed by atoms with Crippen LogP contribution in [0.15, 0.2) is 60.7 Å². The Morgan fingerprint density at radius 3 is 1.55 bits per heavy atom. The summed E-state index contributed by atoms with van der Waals surface area (Å²) in [7, 11) is 0. The largest absolute Gasteiger partial charge is 0.478 e. The highest BCUT2D eigenvalue weighted by atomic mass is 16.6. The number of hydrogen-bond acceptors (Lipinski definition) is 6. The molecule has 2 aromatic rings. The number of ether oxygens (including phenoxy) is 2. The number of esters is 2. The van der Waals surface area contributed by atoms with Crippen molar-refractivity contribution in [2.45, 2.75) is 32.1 Å². The van der Waals surface area contributed by atoms with Crippen LogP contribution in [0.1, 0.15) is 34.6 Å². The summed E-state index contributed by atoms with van der Waals surface area (Å²) >= 11 is 0. The quantitative estimate of drug-likeness (QED) is 0.652. The molecule has 0 fully saturated rings. The highest BCUT2D eigenvalue weighted by molar-refractivity contribution is 5.96. The van der Waals surface area contributed by atoms with Crippen molar-refractivity contribution in [1.29, 1.82) is 0 Å². The van der Waals surface area contributed by atoms with Crippen LogP contribution in [-0.2, 0) is 19.1 Å². The number of carbonyl (C=O) groups is 4. The summed E-state index contributed by atoms with van der Waals surface area (Å²) in [6, 6.07) is 15.1. The van der Waals surface area contributed by atoms with Crippen molar-refractivity contribution in [1.82, 2.24) is 5.32 Å². The Balaban J connectivity index is 2.29. The highest BCUT2D eigenvalue weighted by Crippen LogP contribution is 2.13. The molecule has 0 spiro atoms. The molecule has 1 amide bonds. The smallest absolute Gasteiger partial charge is 0.349 e. The van der Waals surface area contributed by atoms with Crippen LogP contribution in [-0.4, -0.2) is 47.2 Å². The maximum Gasteiger partial charge on any atom is 0.349 e. The molecule has 152 valence electrons. The summed E-state index contributed by atoms with van der Waals surface area (Å²) in [5, 5.41) is 12.0. The third-order valence-electron chi connectivity index (χ3n) is 3.69. The molecule has 0 unspecified atom stereocenters. The van der Waals surface area contributed by atoms with Gasteiger partial charge in [0.1, 0.15) is 0 Å². The van der Waals surface area contributed by atoms with E-state index in [2.05, 4.69) is 5.32 Å². The second kappa shape index (κ2) is 10.0. The second-order valence-corrected chi connectivity index (χ2v) is 6.39. The number of benzene rings is 2. The molecular weight excluding hydrogens is 378 g/mol. The van der Waals surface area contributed by atoms with Gasteiger partial charge in [-0.15, -0.1) is 0 Å². The van der Waals surface area contributed by atoms with E-state index in [4.69, 9.17) is 9.47 Å². The number of rotatable bonds is 8. The fraction of sp³-hybridized carbons (Fsp3) is 0.238. The zero-order chi connectivity index (χ0) is 21.4. The van der Waals surface area contributed by atoms with E-state index in [9.17, 15) is 24.3 Å². The van der Waals surface area contributed by atoms with Crippen molar-refractivity contribution < 1.29 is 33.8 Å². The minimum absolute atomic E-state index is 0.0937. The summed E-state index contributed by atoms with van der Waals surface area (Å²) in [6.45, 7) is 3.31. The van der Waals surface area contributed by atoms with Gasteiger partial charge in [-0.25, -0.2) is 14.4 Å². The fourth-order valence-electron chi connectivity index (χ4n) is 2.38. The zero-order valence-corrected chi connectivity index (χ0v) is 15.9. The number of amides is 1. The SMILES string of the molecule is CC(C)NC(=O)[C@H](OC(=O)c1ccccc1)[C@H](OC(=O)c1ccccc1)C(=O)O. The van der Waals surface area contributed by atoms with Crippen LogP contribution in [0.25, 0.3) is 0 Å². The van der Waals surface area contributed by atoms with Gasteiger partial charge >= 0.3 is 17.9 Å². The number of aliphatic carboxylic acids is 1. The van der Waals surface area contributed by atoms with E-state index in [1.807, 2.05) is 0 Å². The second-order valence-electron chi connectivity index (χ2n) is 6.39. The molecule has 8 heteroatoms. The molecule has 29 heavy (non-hydrogen) atoms. The van der Waals surface area contributed by atoms with Crippen molar-refractivity contribution in [2.75, 3.05) is 0 Å². The molecule has 2 rings (SSSR count). The minimum atomic E-state index is -2.03. The molecule has 8 nitrogen and oxygen atoms in total. The molecule has 0 aliphatic rings. The molecule has 0 aromatic heterocycles. The minimum Gasteiger partial charge on any atom is -0.478 e. The maximum atomic E-state index is 12.5. The Bertz CT molecular complexity index is 865. The lowest BCUT2D eigenvalue weighted by Crippen LogP contribution is -2.51. The third kappa shape index (κ3) is 6.17. The molecule has 2 aromatic carbocycles. The first kappa shape index (κ1) is 21.6. The summed E-state index contributed by atoms with van der Waals surface area (Å²) in [5.74, 6) is -4.40. The molecule has 0 radical (unpaired) electrons. The van der Waals surface area contributed by atoms with Gasteiger partial charge in [0.25, 0.3) is 5.91 Å². The van der Waals surface area contributed by atoms with Gasteiger partial charge in [0.15, 0.2) is 0 Å². The fourth-order valence-corrected chi connectivity index (χ4v) is 2.38. The molecular formula is C21H21NO7. The van der Waals surface area contributed by atoms with E-state index in [0.29, 0.717) is 0 Å². The van der Waals surface area contributed by atoms with Gasteiger partial charge in [-0.05, 0) is 38.1 Å². The van der Waals surface area contributed by atoms with E-state index >= 15 is 0 Å². The molecule has 0 aliphatic heterocycles. The van der Waals surface area contributed by atoms with E-state index < -0.39 is 36.0 Å². The van der Waals surface area contributed by atoms with Crippen molar-refractivity contribution in [3.05, 3.63) is 71.8 Å². The average molecular weight is 399 g/mol. The molecule has 0 aliphatic carbocycles. The topological polar surface area (TPSA) is 119 Å². The Hall–Kier alpha value is -3.68. The Morgan fingerprint density at radius 1 is 0.759 bits per heavy atom. The molecule has 2 atom stereocenters. The third-order valence-corrected chi connectivity index (χ3v) is 3.69. The first-order chi connectivity index (χ1) is 13.8. The number of nitrogens with one attached hydrogen (secondary N) is 1. The van der Waals surface area contributed by atoms with Crippen LogP contribution < -0.4 is 5.32 Å². The monoisotopic (exact) mass is 399 g/mol. The van der Waals surface area contributed by atoms with Gasteiger partial charge in [-0.3, -0.25) is 4.79 Å². The maximum absolute atomic E-state index is 12.5. The van der Waals surface area contributed by atoms with Gasteiger partial charge < -0.3 is 19.9 Å². The van der Waals surface area contributed by atoms with E-state index in [-0.39, 0.29) is 17.2 Å². The predicted octanol–water partition coefficient (Wildman–Crippen LogP) is 2.05. The Labute approximate surface area is 167 Å². The molecule has 2 N–H and O–H groups in total.